The second-order valence-corrected chi connectivity index (χ2v) is 3.77. The fraction of sp³-hybridized carbons (Fsp3) is 0.364. The molecule has 2 unspecified atom stereocenters. The number of benzene rings is 1. The number of aliphatic hydroxyl groups is 1. The van der Waals surface area contributed by atoms with Gasteiger partial charge in [0.1, 0.15) is 0 Å². The maximum atomic E-state index is 10.6. The van der Waals surface area contributed by atoms with Crippen LogP contribution in [0.25, 0.3) is 0 Å². The standard InChI is InChI=1S/C11H14ClNO3/c12-7-6-9(13-11(15)16)10(14)8-4-2-1-3-5-8/h1-5,9-10,13-14H,6-7H2,(H,15,16). The van der Waals surface area contributed by atoms with Gasteiger partial charge in [0.2, 0.25) is 0 Å². The Hall–Kier alpha value is -1.26. The van der Waals surface area contributed by atoms with Crippen LogP contribution in [0.3, 0.4) is 0 Å². The summed E-state index contributed by atoms with van der Waals surface area (Å²) in [4.78, 5) is 10.6. The molecule has 0 heterocycles. The minimum absolute atomic E-state index is 0.287. The van der Waals surface area contributed by atoms with Crippen LogP contribution in [0.4, 0.5) is 4.79 Å². The van der Waals surface area contributed by atoms with Crippen LogP contribution < -0.4 is 5.32 Å². The van der Waals surface area contributed by atoms with Gasteiger partial charge in [0.25, 0.3) is 0 Å². The first-order valence-electron chi connectivity index (χ1n) is 4.93. The zero-order valence-corrected chi connectivity index (χ0v) is 9.39. The summed E-state index contributed by atoms with van der Waals surface area (Å²) in [5.41, 5.74) is 0.673. The summed E-state index contributed by atoms with van der Waals surface area (Å²) >= 11 is 5.57. The predicted molar refractivity (Wildman–Crippen MR) is 61.7 cm³/mol. The van der Waals surface area contributed by atoms with Gasteiger partial charge in [-0.15, -0.1) is 11.6 Å². The highest BCUT2D eigenvalue weighted by Crippen LogP contribution is 2.18. The van der Waals surface area contributed by atoms with E-state index in [4.69, 9.17) is 16.7 Å². The molecule has 2 atom stereocenters. The number of hydrogen-bond donors (Lipinski definition) is 3. The van der Waals surface area contributed by atoms with Crippen molar-refractivity contribution in [1.29, 1.82) is 0 Å². The molecular weight excluding hydrogens is 230 g/mol. The highest BCUT2D eigenvalue weighted by Gasteiger charge is 2.21. The lowest BCUT2D eigenvalue weighted by Gasteiger charge is -2.22. The number of amides is 1. The minimum atomic E-state index is -1.16. The molecule has 4 nitrogen and oxygen atoms in total. The molecule has 88 valence electrons. The Morgan fingerprint density at radius 1 is 1.38 bits per heavy atom. The normalized spacial score (nSPS) is 14.1. The molecule has 0 bridgehead atoms. The SMILES string of the molecule is O=C(O)NC(CCCl)C(O)c1ccccc1. The van der Waals surface area contributed by atoms with Crippen LogP contribution in [0.5, 0.6) is 0 Å². The van der Waals surface area contributed by atoms with E-state index in [1.807, 2.05) is 6.07 Å². The molecule has 0 aliphatic heterocycles. The third kappa shape index (κ3) is 3.72. The van der Waals surface area contributed by atoms with Crippen molar-refractivity contribution in [2.45, 2.75) is 18.6 Å². The van der Waals surface area contributed by atoms with E-state index in [0.717, 1.165) is 0 Å². The van der Waals surface area contributed by atoms with Gasteiger partial charge in [-0.05, 0) is 12.0 Å². The molecule has 0 radical (unpaired) electrons. The first kappa shape index (κ1) is 12.8. The molecule has 0 aromatic heterocycles. The van der Waals surface area contributed by atoms with Crippen LogP contribution in [0.1, 0.15) is 18.1 Å². The van der Waals surface area contributed by atoms with E-state index in [0.29, 0.717) is 12.0 Å². The predicted octanol–water partition coefficient (Wildman–Crippen LogP) is 1.99. The molecule has 1 rings (SSSR count). The van der Waals surface area contributed by atoms with Crippen molar-refractivity contribution in [1.82, 2.24) is 5.32 Å². The average molecular weight is 244 g/mol. The van der Waals surface area contributed by atoms with Gasteiger partial charge in [-0.2, -0.15) is 0 Å². The molecule has 5 heteroatoms. The quantitative estimate of drug-likeness (QED) is 0.693. The van der Waals surface area contributed by atoms with Gasteiger partial charge in [-0.1, -0.05) is 30.3 Å². The molecule has 0 fully saturated rings. The maximum absolute atomic E-state index is 10.6. The molecule has 3 N–H and O–H groups in total. The molecule has 0 aliphatic carbocycles. The average Bonchev–Trinajstić information content (AvgIpc) is 2.28. The lowest BCUT2D eigenvalue weighted by Crippen LogP contribution is -2.38. The summed E-state index contributed by atoms with van der Waals surface area (Å²) in [6.07, 6.45) is -1.66. The van der Waals surface area contributed by atoms with Crippen molar-refractivity contribution in [3.63, 3.8) is 0 Å². The van der Waals surface area contributed by atoms with E-state index in [1.54, 1.807) is 24.3 Å². The third-order valence-corrected chi connectivity index (χ3v) is 2.47. The van der Waals surface area contributed by atoms with Crippen molar-refractivity contribution < 1.29 is 15.0 Å². The Labute approximate surface area is 98.9 Å². The molecule has 0 saturated carbocycles. The van der Waals surface area contributed by atoms with E-state index in [-0.39, 0.29) is 5.88 Å². The second kappa shape index (κ2) is 6.35. The second-order valence-electron chi connectivity index (χ2n) is 3.39. The summed E-state index contributed by atoms with van der Waals surface area (Å²) < 4.78 is 0. The van der Waals surface area contributed by atoms with Crippen LogP contribution in [-0.4, -0.2) is 28.2 Å². The van der Waals surface area contributed by atoms with Crippen molar-refractivity contribution in [3.8, 4) is 0 Å². The molecule has 1 aromatic carbocycles. The largest absolute Gasteiger partial charge is 0.465 e. The highest BCUT2D eigenvalue weighted by atomic mass is 35.5. The summed E-state index contributed by atoms with van der Waals surface area (Å²) in [5, 5.41) is 20.9. The van der Waals surface area contributed by atoms with Crippen LogP contribution in [-0.2, 0) is 0 Å². The fourth-order valence-corrected chi connectivity index (χ4v) is 1.70. The monoisotopic (exact) mass is 243 g/mol. The van der Waals surface area contributed by atoms with E-state index in [2.05, 4.69) is 5.32 Å². The van der Waals surface area contributed by atoms with Crippen molar-refractivity contribution in [2.75, 3.05) is 5.88 Å². The Balaban J connectivity index is 2.74. The van der Waals surface area contributed by atoms with Gasteiger partial charge < -0.3 is 15.5 Å². The molecule has 1 amide bonds. The molecule has 0 saturated heterocycles. The Morgan fingerprint density at radius 2 is 2.00 bits per heavy atom. The van der Waals surface area contributed by atoms with Crippen molar-refractivity contribution in [2.24, 2.45) is 0 Å². The topological polar surface area (TPSA) is 69.6 Å². The highest BCUT2D eigenvalue weighted by molar-refractivity contribution is 6.17. The van der Waals surface area contributed by atoms with Crippen LogP contribution in [0.15, 0.2) is 30.3 Å². The van der Waals surface area contributed by atoms with Crippen LogP contribution in [0.2, 0.25) is 0 Å². The van der Waals surface area contributed by atoms with E-state index in [1.165, 1.54) is 0 Å². The number of carboxylic acid groups (broad SMARTS) is 1. The minimum Gasteiger partial charge on any atom is -0.465 e. The number of carbonyl (C=O) groups is 1. The van der Waals surface area contributed by atoms with Crippen molar-refractivity contribution in [3.05, 3.63) is 35.9 Å². The number of aliphatic hydroxyl groups excluding tert-OH is 1. The molecule has 0 aliphatic rings. The van der Waals surface area contributed by atoms with Gasteiger partial charge in [-0.25, -0.2) is 4.79 Å². The van der Waals surface area contributed by atoms with Gasteiger partial charge in [-0.3, -0.25) is 0 Å². The number of rotatable bonds is 5. The Kier molecular flexibility index (Phi) is 5.08. The summed E-state index contributed by atoms with van der Waals surface area (Å²) in [5.74, 6) is 0.287. The first-order valence-corrected chi connectivity index (χ1v) is 5.47. The Bertz CT molecular complexity index is 331. The van der Waals surface area contributed by atoms with Crippen molar-refractivity contribution >= 4 is 17.7 Å². The zero-order valence-electron chi connectivity index (χ0n) is 8.64. The first-order chi connectivity index (χ1) is 7.65. The fourth-order valence-electron chi connectivity index (χ4n) is 1.47. The lowest BCUT2D eigenvalue weighted by atomic mass is 10.0. The van der Waals surface area contributed by atoms with Crippen LogP contribution in [0, 0.1) is 0 Å². The van der Waals surface area contributed by atoms with Gasteiger partial charge in [0.05, 0.1) is 12.1 Å². The van der Waals surface area contributed by atoms with Gasteiger partial charge >= 0.3 is 6.09 Å². The van der Waals surface area contributed by atoms with E-state index >= 15 is 0 Å². The number of alkyl halides is 1. The number of halogens is 1. The van der Waals surface area contributed by atoms with E-state index in [9.17, 15) is 9.90 Å². The number of hydrogen-bond acceptors (Lipinski definition) is 2. The molecule has 1 aromatic rings. The Morgan fingerprint density at radius 3 is 2.50 bits per heavy atom. The summed E-state index contributed by atoms with van der Waals surface area (Å²) in [6, 6.07) is 8.31. The smallest absolute Gasteiger partial charge is 0.404 e. The molecule has 16 heavy (non-hydrogen) atoms. The van der Waals surface area contributed by atoms with Gasteiger partial charge in [0.15, 0.2) is 0 Å². The van der Waals surface area contributed by atoms with E-state index < -0.39 is 18.2 Å². The summed E-state index contributed by atoms with van der Waals surface area (Å²) in [7, 11) is 0. The third-order valence-electron chi connectivity index (χ3n) is 2.25. The zero-order chi connectivity index (χ0) is 12.0. The number of nitrogens with one attached hydrogen (secondary N) is 1. The molecular formula is C11H14ClNO3. The lowest BCUT2D eigenvalue weighted by molar-refractivity contribution is 0.119. The molecule has 0 spiro atoms. The van der Waals surface area contributed by atoms with Crippen LogP contribution >= 0.6 is 11.6 Å². The maximum Gasteiger partial charge on any atom is 0.404 e. The van der Waals surface area contributed by atoms with Gasteiger partial charge in [0, 0.05) is 5.88 Å². The summed E-state index contributed by atoms with van der Waals surface area (Å²) in [6.45, 7) is 0.